The SMILES string of the molecule is c1ncn(CC2CCCCO2)c1C1CCCN1. The number of hydrogen-bond donors (Lipinski definition) is 1. The summed E-state index contributed by atoms with van der Waals surface area (Å²) in [7, 11) is 0. The number of hydrogen-bond acceptors (Lipinski definition) is 3. The minimum absolute atomic E-state index is 0.387. The number of aromatic nitrogens is 2. The molecular weight excluding hydrogens is 214 g/mol. The van der Waals surface area contributed by atoms with Crippen molar-refractivity contribution >= 4 is 0 Å². The van der Waals surface area contributed by atoms with E-state index in [-0.39, 0.29) is 0 Å². The Kier molecular flexibility index (Phi) is 3.43. The monoisotopic (exact) mass is 235 g/mol. The zero-order valence-corrected chi connectivity index (χ0v) is 10.3. The summed E-state index contributed by atoms with van der Waals surface area (Å²) in [5.41, 5.74) is 1.33. The summed E-state index contributed by atoms with van der Waals surface area (Å²) in [6, 6.07) is 0.501. The van der Waals surface area contributed by atoms with Gasteiger partial charge in [0.1, 0.15) is 0 Å². The molecule has 17 heavy (non-hydrogen) atoms. The Morgan fingerprint density at radius 2 is 2.35 bits per heavy atom. The van der Waals surface area contributed by atoms with Crippen molar-refractivity contribution in [3.63, 3.8) is 0 Å². The van der Waals surface area contributed by atoms with Gasteiger partial charge in [0.2, 0.25) is 0 Å². The van der Waals surface area contributed by atoms with Crippen LogP contribution in [0.5, 0.6) is 0 Å². The zero-order valence-electron chi connectivity index (χ0n) is 10.3. The highest BCUT2D eigenvalue weighted by Gasteiger charge is 2.22. The van der Waals surface area contributed by atoms with Gasteiger partial charge in [0.25, 0.3) is 0 Å². The summed E-state index contributed by atoms with van der Waals surface area (Å²) in [6.45, 7) is 3.03. The number of ether oxygens (including phenoxy) is 1. The van der Waals surface area contributed by atoms with Gasteiger partial charge in [-0.25, -0.2) is 4.98 Å². The van der Waals surface area contributed by atoms with Crippen molar-refractivity contribution in [1.82, 2.24) is 14.9 Å². The molecule has 1 aromatic heterocycles. The Morgan fingerprint density at radius 3 is 3.12 bits per heavy atom. The fourth-order valence-corrected chi connectivity index (χ4v) is 2.88. The first-order valence-electron chi connectivity index (χ1n) is 6.78. The maximum absolute atomic E-state index is 5.80. The molecule has 0 aromatic carbocycles. The van der Waals surface area contributed by atoms with Crippen LogP contribution in [-0.4, -0.2) is 28.8 Å². The van der Waals surface area contributed by atoms with E-state index in [9.17, 15) is 0 Å². The first-order valence-corrected chi connectivity index (χ1v) is 6.78. The van der Waals surface area contributed by atoms with Crippen LogP contribution >= 0.6 is 0 Å². The van der Waals surface area contributed by atoms with E-state index in [1.165, 1.54) is 37.8 Å². The third-order valence-electron chi connectivity index (χ3n) is 3.84. The molecular formula is C13H21N3O. The molecule has 0 aliphatic carbocycles. The van der Waals surface area contributed by atoms with Gasteiger partial charge in [-0.2, -0.15) is 0 Å². The minimum Gasteiger partial charge on any atom is -0.376 e. The van der Waals surface area contributed by atoms with Gasteiger partial charge in [0, 0.05) is 18.8 Å². The Labute approximate surface area is 102 Å². The molecule has 1 N–H and O–H groups in total. The van der Waals surface area contributed by atoms with Crippen molar-refractivity contribution < 1.29 is 4.74 Å². The molecule has 4 nitrogen and oxygen atoms in total. The summed E-state index contributed by atoms with van der Waals surface area (Å²) in [5.74, 6) is 0. The van der Waals surface area contributed by atoms with E-state index in [2.05, 4.69) is 14.9 Å². The van der Waals surface area contributed by atoms with Gasteiger partial charge >= 0.3 is 0 Å². The zero-order chi connectivity index (χ0) is 11.5. The Hall–Kier alpha value is -0.870. The predicted molar refractivity (Wildman–Crippen MR) is 65.8 cm³/mol. The number of imidazole rings is 1. The van der Waals surface area contributed by atoms with Crippen LogP contribution in [0.2, 0.25) is 0 Å². The molecule has 3 rings (SSSR count). The molecule has 0 bridgehead atoms. The molecule has 2 unspecified atom stereocenters. The largest absolute Gasteiger partial charge is 0.376 e. The molecule has 2 aliphatic heterocycles. The van der Waals surface area contributed by atoms with E-state index in [0.717, 1.165) is 19.7 Å². The van der Waals surface area contributed by atoms with Crippen LogP contribution in [0.4, 0.5) is 0 Å². The van der Waals surface area contributed by atoms with Crippen molar-refractivity contribution in [3.8, 4) is 0 Å². The summed E-state index contributed by atoms with van der Waals surface area (Å²) in [5, 5.41) is 3.53. The van der Waals surface area contributed by atoms with Gasteiger partial charge in [0.05, 0.1) is 24.7 Å². The molecule has 4 heteroatoms. The summed E-state index contributed by atoms with van der Waals surface area (Å²) < 4.78 is 8.08. The van der Waals surface area contributed by atoms with Gasteiger partial charge in [-0.05, 0) is 38.6 Å². The van der Waals surface area contributed by atoms with Gasteiger partial charge in [-0.3, -0.25) is 0 Å². The minimum atomic E-state index is 0.387. The fourth-order valence-electron chi connectivity index (χ4n) is 2.88. The van der Waals surface area contributed by atoms with Crippen LogP contribution in [-0.2, 0) is 11.3 Å². The Morgan fingerprint density at radius 1 is 1.35 bits per heavy atom. The maximum Gasteiger partial charge on any atom is 0.0949 e. The molecule has 1 aromatic rings. The number of nitrogens with one attached hydrogen (secondary N) is 1. The maximum atomic E-state index is 5.80. The molecule has 2 aliphatic rings. The van der Waals surface area contributed by atoms with Crippen LogP contribution in [0.1, 0.15) is 43.8 Å². The lowest BCUT2D eigenvalue weighted by Gasteiger charge is -2.24. The van der Waals surface area contributed by atoms with Crippen LogP contribution < -0.4 is 5.32 Å². The van der Waals surface area contributed by atoms with Crippen molar-refractivity contribution in [3.05, 3.63) is 18.2 Å². The molecule has 0 spiro atoms. The Balaban J connectivity index is 1.67. The quantitative estimate of drug-likeness (QED) is 0.869. The predicted octanol–water partition coefficient (Wildman–Crippen LogP) is 1.88. The molecule has 2 saturated heterocycles. The average molecular weight is 235 g/mol. The second kappa shape index (κ2) is 5.19. The van der Waals surface area contributed by atoms with E-state index in [1.807, 2.05) is 12.5 Å². The third kappa shape index (κ3) is 2.53. The highest BCUT2D eigenvalue weighted by molar-refractivity contribution is 5.07. The highest BCUT2D eigenvalue weighted by Crippen LogP contribution is 2.24. The lowest BCUT2D eigenvalue weighted by atomic mass is 10.1. The molecule has 0 radical (unpaired) electrons. The van der Waals surface area contributed by atoms with Crippen LogP contribution in [0.15, 0.2) is 12.5 Å². The number of nitrogens with zero attached hydrogens (tertiary/aromatic N) is 2. The standard InChI is InChI=1S/C13H21N3O/c1-2-7-17-11(4-1)9-16-10-14-8-13(16)12-5-3-6-15-12/h8,10-12,15H,1-7,9H2. The third-order valence-corrected chi connectivity index (χ3v) is 3.84. The van der Waals surface area contributed by atoms with Crippen molar-refractivity contribution in [2.75, 3.05) is 13.2 Å². The van der Waals surface area contributed by atoms with Crippen LogP contribution in [0.25, 0.3) is 0 Å². The van der Waals surface area contributed by atoms with Gasteiger partial charge < -0.3 is 14.6 Å². The van der Waals surface area contributed by atoms with Crippen molar-refractivity contribution in [2.24, 2.45) is 0 Å². The van der Waals surface area contributed by atoms with Crippen LogP contribution in [0.3, 0.4) is 0 Å². The smallest absolute Gasteiger partial charge is 0.0949 e. The van der Waals surface area contributed by atoms with Crippen molar-refractivity contribution in [2.45, 2.75) is 50.8 Å². The second-order valence-electron chi connectivity index (χ2n) is 5.11. The summed E-state index contributed by atoms with van der Waals surface area (Å²) >= 11 is 0. The van der Waals surface area contributed by atoms with E-state index in [1.54, 1.807) is 0 Å². The van der Waals surface area contributed by atoms with Crippen LogP contribution in [0, 0.1) is 0 Å². The topological polar surface area (TPSA) is 39.1 Å². The molecule has 3 heterocycles. The summed E-state index contributed by atoms with van der Waals surface area (Å²) in [4.78, 5) is 4.30. The summed E-state index contributed by atoms with van der Waals surface area (Å²) in [6.07, 6.45) is 10.6. The number of rotatable bonds is 3. The normalized spacial score (nSPS) is 29.6. The Bertz CT molecular complexity index is 351. The second-order valence-corrected chi connectivity index (χ2v) is 5.11. The first-order chi connectivity index (χ1) is 8.43. The lowest BCUT2D eigenvalue weighted by molar-refractivity contribution is 0.00539. The van der Waals surface area contributed by atoms with Gasteiger partial charge in [-0.15, -0.1) is 0 Å². The lowest BCUT2D eigenvalue weighted by Crippen LogP contribution is -2.26. The molecule has 94 valence electrons. The van der Waals surface area contributed by atoms with Gasteiger partial charge in [-0.1, -0.05) is 0 Å². The molecule has 0 amide bonds. The van der Waals surface area contributed by atoms with E-state index in [0.29, 0.717) is 12.1 Å². The van der Waals surface area contributed by atoms with Gasteiger partial charge in [0.15, 0.2) is 0 Å². The fraction of sp³-hybridized carbons (Fsp3) is 0.769. The van der Waals surface area contributed by atoms with E-state index < -0.39 is 0 Å². The molecule has 2 atom stereocenters. The van der Waals surface area contributed by atoms with E-state index >= 15 is 0 Å². The van der Waals surface area contributed by atoms with Crippen molar-refractivity contribution in [1.29, 1.82) is 0 Å². The molecule has 0 saturated carbocycles. The first kappa shape index (κ1) is 11.2. The molecule has 2 fully saturated rings. The van der Waals surface area contributed by atoms with E-state index in [4.69, 9.17) is 4.74 Å². The average Bonchev–Trinajstić information content (AvgIpc) is 3.00. The highest BCUT2D eigenvalue weighted by atomic mass is 16.5.